The molecule has 2 aliphatic rings. The van der Waals surface area contributed by atoms with Crippen LogP contribution < -0.4 is 10.6 Å². The highest BCUT2D eigenvalue weighted by Crippen LogP contribution is 2.51. The molecule has 1 aliphatic heterocycles. The molecule has 0 bridgehead atoms. The van der Waals surface area contributed by atoms with Crippen molar-refractivity contribution in [2.75, 3.05) is 4.90 Å². The fourth-order valence-corrected chi connectivity index (χ4v) is 7.08. The lowest BCUT2D eigenvalue weighted by atomic mass is 9.68. The van der Waals surface area contributed by atoms with E-state index in [2.05, 4.69) is 25.1 Å². The number of benzene rings is 3. The topological polar surface area (TPSA) is 70.1 Å². The van der Waals surface area contributed by atoms with Gasteiger partial charge in [-0.05, 0) is 90.4 Å². The van der Waals surface area contributed by atoms with Gasteiger partial charge in [-0.2, -0.15) is 5.26 Å². The molecule has 8 heteroatoms. The van der Waals surface area contributed by atoms with Crippen LogP contribution in [0.3, 0.4) is 0 Å². The van der Waals surface area contributed by atoms with Gasteiger partial charge in [0.15, 0.2) is 5.78 Å². The largest absolute Gasteiger partial charge is 0.384 e. The van der Waals surface area contributed by atoms with Gasteiger partial charge < -0.3 is 5.73 Å². The van der Waals surface area contributed by atoms with Crippen LogP contribution >= 0.6 is 35.0 Å². The summed E-state index contributed by atoms with van der Waals surface area (Å²) in [7, 11) is 0. The number of aryl methyl sites for hydroxylation is 2. The van der Waals surface area contributed by atoms with E-state index >= 15 is 0 Å². The van der Waals surface area contributed by atoms with Crippen LogP contribution in [-0.2, 0) is 10.5 Å². The predicted molar refractivity (Wildman–Crippen MR) is 165 cm³/mol. The average molecular weight is 607 g/mol. The predicted octanol–water partition coefficient (Wildman–Crippen LogP) is 8.98. The Morgan fingerprint density at radius 2 is 1.78 bits per heavy atom. The van der Waals surface area contributed by atoms with Gasteiger partial charge in [-0.25, -0.2) is 4.39 Å². The van der Waals surface area contributed by atoms with Gasteiger partial charge in [0.05, 0.1) is 22.6 Å². The number of ketones is 1. The summed E-state index contributed by atoms with van der Waals surface area (Å²) in [5.74, 6) is -0.243. The smallest absolute Gasteiger partial charge is 0.162 e. The van der Waals surface area contributed by atoms with Gasteiger partial charge in [0.25, 0.3) is 0 Å². The molecule has 0 saturated heterocycles. The summed E-state index contributed by atoms with van der Waals surface area (Å²) in [4.78, 5) is 16.8. The number of carbonyl (C=O) groups is 1. The number of nitrogens with two attached hydrogens (primary N) is 1. The minimum absolute atomic E-state index is 0.0169. The van der Waals surface area contributed by atoms with Gasteiger partial charge in [-0.3, -0.25) is 9.69 Å². The van der Waals surface area contributed by atoms with Crippen molar-refractivity contribution in [3.8, 4) is 6.07 Å². The number of hydrogen-bond donors (Lipinski definition) is 1. The molecule has 3 aromatic carbocycles. The average Bonchev–Trinajstić information content (AvgIpc) is 2.90. The summed E-state index contributed by atoms with van der Waals surface area (Å²) >= 11 is 13.9. The zero-order valence-corrected chi connectivity index (χ0v) is 25.6. The standard InChI is InChI=1S/C33H30Cl2FN3OS/c1-18-11-19(2)24(12-20(18)17-41-23-8-5-21(34)6-9-23)30-25(16-37)32(38)39(22-7-10-27(36)26(35)13-22)28-14-33(3,4)15-29(40)31(28)30/h5-13,30H,14-15,17,38H2,1-4H3. The van der Waals surface area contributed by atoms with Crippen LogP contribution in [0.15, 0.2) is 82.2 Å². The van der Waals surface area contributed by atoms with Crippen LogP contribution in [0.5, 0.6) is 0 Å². The Morgan fingerprint density at radius 3 is 2.44 bits per heavy atom. The van der Waals surface area contributed by atoms with Crippen molar-refractivity contribution >= 4 is 46.4 Å². The summed E-state index contributed by atoms with van der Waals surface area (Å²) in [5.41, 5.74) is 12.7. The first-order valence-electron chi connectivity index (χ1n) is 13.3. The van der Waals surface area contributed by atoms with E-state index in [-0.39, 0.29) is 22.0 Å². The van der Waals surface area contributed by atoms with Gasteiger partial charge in [0.1, 0.15) is 11.6 Å². The molecule has 5 rings (SSSR count). The van der Waals surface area contributed by atoms with Gasteiger partial charge in [0, 0.05) is 39.0 Å². The van der Waals surface area contributed by atoms with E-state index in [1.165, 1.54) is 12.1 Å². The summed E-state index contributed by atoms with van der Waals surface area (Å²) in [6.45, 7) is 8.17. The van der Waals surface area contributed by atoms with Crippen LogP contribution in [0.2, 0.25) is 10.0 Å². The number of Topliss-reactive ketones (excluding diaryl/α,β-unsaturated/α-hetero) is 1. The Morgan fingerprint density at radius 1 is 1.07 bits per heavy atom. The normalized spacial score (nSPS) is 18.4. The maximum atomic E-state index is 14.1. The lowest BCUT2D eigenvalue weighted by Crippen LogP contribution is -2.42. The van der Waals surface area contributed by atoms with Gasteiger partial charge in [-0.1, -0.05) is 49.2 Å². The van der Waals surface area contributed by atoms with Crippen molar-refractivity contribution in [1.29, 1.82) is 5.26 Å². The molecule has 210 valence electrons. The molecule has 1 atom stereocenters. The maximum absolute atomic E-state index is 14.1. The van der Waals surface area contributed by atoms with Gasteiger partial charge in [0.2, 0.25) is 0 Å². The summed E-state index contributed by atoms with van der Waals surface area (Å²) in [6, 6.07) is 18.6. The Labute approximate surface area is 254 Å². The molecule has 2 N–H and O–H groups in total. The third-order valence-corrected chi connectivity index (χ3v) is 9.39. The molecule has 1 heterocycles. The first kappa shape index (κ1) is 29.3. The van der Waals surface area contributed by atoms with Gasteiger partial charge in [-0.15, -0.1) is 11.8 Å². The number of halogens is 3. The molecule has 3 aromatic rings. The fraction of sp³-hybridized carbons (Fsp3) is 0.273. The summed E-state index contributed by atoms with van der Waals surface area (Å²) < 4.78 is 14.1. The number of anilines is 1. The molecular formula is C33H30Cl2FN3OS. The third-order valence-electron chi connectivity index (χ3n) is 7.79. The van der Waals surface area contributed by atoms with Crippen molar-refractivity contribution in [3.63, 3.8) is 0 Å². The molecule has 0 radical (unpaired) electrons. The minimum atomic E-state index is -0.606. The minimum Gasteiger partial charge on any atom is -0.384 e. The second kappa shape index (κ2) is 11.2. The monoisotopic (exact) mass is 605 g/mol. The van der Waals surface area contributed by atoms with Crippen molar-refractivity contribution in [2.24, 2.45) is 11.1 Å². The number of allylic oxidation sites excluding steroid dienone is 3. The quantitative estimate of drug-likeness (QED) is 0.294. The van der Waals surface area contributed by atoms with Gasteiger partial charge >= 0.3 is 0 Å². The first-order chi connectivity index (χ1) is 19.4. The van der Waals surface area contributed by atoms with E-state index in [0.29, 0.717) is 40.5 Å². The van der Waals surface area contributed by atoms with E-state index in [0.717, 1.165) is 32.8 Å². The van der Waals surface area contributed by atoms with Crippen molar-refractivity contribution in [2.45, 2.75) is 57.1 Å². The Balaban J connectivity index is 1.66. The van der Waals surface area contributed by atoms with E-state index in [4.69, 9.17) is 28.9 Å². The second-order valence-electron chi connectivity index (χ2n) is 11.5. The Hall–Kier alpha value is -3.24. The molecule has 0 aromatic heterocycles. The Bertz CT molecular complexity index is 1670. The van der Waals surface area contributed by atoms with Crippen molar-refractivity contribution in [1.82, 2.24) is 0 Å². The first-order valence-corrected chi connectivity index (χ1v) is 15.0. The van der Waals surface area contributed by atoms with Crippen LogP contribution in [0.4, 0.5) is 10.1 Å². The number of thioether (sulfide) groups is 1. The SMILES string of the molecule is Cc1cc(C)c(C2C(C#N)=C(N)N(c3ccc(F)c(Cl)c3)C3=C2C(=O)CC(C)(C)C3)cc1CSc1ccc(Cl)cc1. The maximum Gasteiger partial charge on any atom is 0.162 e. The highest BCUT2D eigenvalue weighted by molar-refractivity contribution is 7.98. The van der Waals surface area contributed by atoms with Crippen LogP contribution in [0.1, 0.15) is 54.9 Å². The highest BCUT2D eigenvalue weighted by atomic mass is 35.5. The summed E-state index contributed by atoms with van der Waals surface area (Å²) in [5, 5.41) is 11.1. The lowest BCUT2D eigenvalue weighted by molar-refractivity contribution is -0.118. The highest BCUT2D eigenvalue weighted by Gasteiger charge is 2.45. The van der Waals surface area contributed by atoms with E-state index < -0.39 is 11.7 Å². The second-order valence-corrected chi connectivity index (χ2v) is 13.3. The number of rotatable bonds is 5. The van der Waals surface area contributed by atoms with Crippen LogP contribution in [0, 0.1) is 36.4 Å². The van der Waals surface area contributed by atoms with Crippen LogP contribution in [0.25, 0.3) is 0 Å². The zero-order chi connectivity index (χ0) is 29.6. The summed E-state index contributed by atoms with van der Waals surface area (Å²) in [6.07, 6.45) is 0.909. The van der Waals surface area contributed by atoms with E-state index in [9.17, 15) is 14.4 Å². The van der Waals surface area contributed by atoms with E-state index in [1.54, 1.807) is 22.7 Å². The van der Waals surface area contributed by atoms with Crippen LogP contribution in [-0.4, -0.2) is 5.78 Å². The molecule has 41 heavy (non-hydrogen) atoms. The fourth-order valence-electron chi connectivity index (χ4n) is 5.81. The molecule has 0 amide bonds. The van der Waals surface area contributed by atoms with Crippen molar-refractivity contribution < 1.29 is 9.18 Å². The molecular weight excluding hydrogens is 576 g/mol. The molecule has 1 aliphatic carbocycles. The molecule has 4 nitrogen and oxygen atoms in total. The molecule has 0 fully saturated rings. The third kappa shape index (κ3) is 5.64. The molecule has 0 spiro atoms. The molecule has 0 saturated carbocycles. The number of nitriles is 1. The Kier molecular flexibility index (Phi) is 8.00. The van der Waals surface area contributed by atoms with Crippen molar-refractivity contribution in [3.05, 3.63) is 115 Å². The van der Waals surface area contributed by atoms with E-state index in [1.807, 2.05) is 45.0 Å². The number of nitrogens with zero attached hydrogens (tertiary/aromatic N) is 2. The lowest BCUT2D eigenvalue weighted by Gasteiger charge is -2.44. The zero-order valence-electron chi connectivity index (χ0n) is 23.3. The molecule has 1 unspecified atom stereocenters. The number of hydrogen-bond acceptors (Lipinski definition) is 5. The number of carbonyl (C=O) groups excluding carboxylic acids is 1.